The minimum atomic E-state index is -3.54. The molecular weight excluding hydrogens is 354 g/mol. The van der Waals surface area contributed by atoms with Gasteiger partial charge in [0.2, 0.25) is 15.9 Å². The number of aryl methyl sites for hydroxylation is 1. The zero-order valence-corrected chi connectivity index (χ0v) is 15.3. The van der Waals surface area contributed by atoms with E-state index in [4.69, 9.17) is 0 Å². The number of anilines is 1. The van der Waals surface area contributed by atoms with Crippen molar-refractivity contribution in [1.82, 2.24) is 8.87 Å². The Morgan fingerprint density at radius 1 is 1.15 bits per heavy atom. The predicted octanol–water partition coefficient (Wildman–Crippen LogP) is 1.58. The van der Waals surface area contributed by atoms with Gasteiger partial charge in [0.15, 0.2) is 0 Å². The largest absolute Gasteiger partial charge is 0.324 e. The van der Waals surface area contributed by atoms with Crippen LogP contribution in [-0.2, 0) is 21.4 Å². The third-order valence-corrected chi connectivity index (χ3v) is 6.24. The summed E-state index contributed by atoms with van der Waals surface area (Å²) in [6.45, 7) is 2.59. The second-order valence-corrected chi connectivity index (χ2v) is 8.25. The number of hydrogen-bond acceptors (Lipinski definition) is 4. The Labute approximate surface area is 152 Å². The minimum absolute atomic E-state index is 0.135. The van der Waals surface area contributed by atoms with E-state index in [1.54, 1.807) is 37.4 Å². The SMILES string of the molecule is Cc1cccn(CC(=O)Nc2cccc(S(=O)(=O)N3CCCC3)c2)c1=O. The standard InChI is InChI=1S/C18H21N3O4S/c1-14-6-5-9-20(18(14)23)13-17(22)19-15-7-4-8-16(12-15)26(24,25)21-10-2-3-11-21/h4-9,12H,2-3,10-11,13H2,1H3,(H,19,22). The molecule has 0 radical (unpaired) electrons. The molecule has 1 aliphatic heterocycles. The molecule has 1 aliphatic rings. The van der Waals surface area contributed by atoms with Gasteiger partial charge in [-0.2, -0.15) is 4.31 Å². The smallest absolute Gasteiger partial charge is 0.253 e. The minimum Gasteiger partial charge on any atom is -0.324 e. The van der Waals surface area contributed by atoms with Crippen molar-refractivity contribution in [2.75, 3.05) is 18.4 Å². The molecule has 0 aliphatic carbocycles. The number of amides is 1. The molecule has 2 aromatic rings. The number of hydrogen-bond donors (Lipinski definition) is 1. The highest BCUT2D eigenvalue weighted by molar-refractivity contribution is 7.89. The number of rotatable bonds is 5. The van der Waals surface area contributed by atoms with Gasteiger partial charge in [0.25, 0.3) is 5.56 Å². The maximum atomic E-state index is 12.6. The molecule has 1 fully saturated rings. The lowest BCUT2D eigenvalue weighted by molar-refractivity contribution is -0.116. The average molecular weight is 375 g/mol. The first kappa shape index (κ1) is 18.3. The maximum Gasteiger partial charge on any atom is 0.253 e. The van der Waals surface area contributed by atoms with Crippen molar-refractivity contribution in [1.29, 1.82) is 0 Å². The van der Waals surface area contributed by atoms with Crippen molar-refractivity contribution in [2.24, 2.45) is 0 Å². The summed E-state index contributed by atoms with van der Waals surface area (Å²) >= 11 is 0. The third-order valence-electron chi connectivity index (χ3n) is 4.34. The molecule has 1 aromatic carbocycles. The fraction of sp³-hybridized carbons (Fsp3) is 0.333. The van der Waals surface area contributed by atoms with Crippen LogP contribution in [0.15, 0.2) is 52.3 Å². The van der Waals surface area contributed by atoms with Gasteiger partial charge < -0.3 is 9.88 Å². The van der Waals surface area contributed by atoms with Crippen molar-refractivity contribution in [3.8, 4) is 0 Å². The lowest BCUT2D eigenvalue weighted by atomic mass is 10.3. The number of carbonyl (C=O) groups excluding carboxylic acids is 1. The van der Waals surface area contributed by atoms with E-state index in [9.17, 15) is 18.0 Å². The van der Waals surface area contributed by atoms with E-state index < -0.39 is 15.9 Å². The molecule has 0 spiro atoms. The van der Waals surface area contributed by atoms with Crippen LogP contribution >= 0.6 is 0 Å². The van der Waals surface area contributed by atoms with Crippen molar-refractivity contribution in [3.63, 3.8) is 0 Å². The average Bonchev–Trinajstić information content (AvgIpc) is 3.15. The molecule has 1 N–H and O–H groups in total. The molecule has 3 rings (SSSR count). The van der Waals surface area contributed by atoms with Gasteiger partial charge in [-0.05, 0) is 44.0 Å². The van der Waals surface area contributed by atoms with E-state index >= 15 is 0 Å². The highest BCUT2D eigenvalue weighted by Crippen LogP contribution is 2.23. The second kappa shape index (κ2) is 7.43. The molecule has 138 valence electrons. The number of nitrogens with zero attached hydrogens (tertiary/aromatic N) is 2. The first-order chi connectivity index (χ1) is 12.4. The van der Waals surface area contributed by atoms with Crippen molar-refractivity contribution >= 4 is 21.6 Å². The van der Waals surface area contributed by atoms with E-state index in [0.717, 1.165) is 12.8 Å². The van der Waals surface area contributed by atoms with Crippen molar-refractivity contribution < 1.29 is 13.2 Å². The van der Waals surface area contributed by atoms with Gasteiger partial charge in [-0.1, -0.05) is 12.1 Å². The lowest BCUT2D eigenvalue weighted by Gasteiger charge is -2.16. The molecule has 1 aromatic heterocycles. The Morgan fingerprint density at radius 2 is 1.88 bits per heavy atom. The molecule has 0 unspecified atom stereocenters. The van der Waals surface area contributed by atoms with Crippen LogP contribution in [-0.4, -0.2) is 36.3 Å². The highest BCUT2D eigenvalue weighted by atomic mass is 32.2. The number of benzene rings is 1. The Bertz CT molecular complexity index is 976. The Kier molecular flexibility index (Phi) is 5.24. The summed E-state index contributed by atoms with van der Waals surface area (Å²) < 4.78 is 28.0. The summed E-state index contributed by atoms with van der Waals surface area (Å²) in [6.07, 6.45) is 3.27. The van der Waals surface area contributed by atoms with E-state index in [1.807, 2.05) is 0 Å². The van der Waals surface area contributed by atoms with Crippen LogP contribution in [0.2, 0.25) is 0 Å². The maximum absolute atomic E-state index is 12.6. The quantitative estimate of drug-likeness (QED) is 0.859. The van der Waals surface area contributed by atoms with E-state index in [1.165, 1.54) is 21.0 Å². The van der Waals surface area contributed by atoms with Gasteiger partial charge in [0.1, 0.15) is 6.54 Å². The Balaban J connectivity index is 1.75. The molecule has 0 saturated carbocycles. The molecule has 0 bridgehead atoms. The molecular formula is C18H21N3O4S. The highest BCUT2D eigenvalue weighted by Gasteiger charge is 2.27. The van der Waals surface area contributed by atoms with Gasteiger partial charge >= 0.3 is 0 Å². The topological polar surface area (TPSA) is 88.5 Å². The summed E-state index contributed by atoms with van der Waals surface area (Å²) in [4.78, 5) is 24.4. The molecule has 0 atom stereocenters. The number of nitrogens with one attached hydrogen (secondary N) is 1. The van der Waals surface area contributed by atoms with Gasteiger partial charge in [0, 0.05) is 30.5 Å². The normalized spacial score (nSPS) is 15.1. The molecule has 2 heterocycles. The van der Waals surface area contributed by atoms with Crippen LogP contribution in [0.4, 0.5) is 5.69 Å². The Morgan fingerprint density at radius 3 is 2.62 bits per heavy atom. The zero-order valence-electron chi connectivity index (χ0n) is 14.5. The molecule has 26 heavy (non-hydrogen) atoms. The lowest BCUT2D eigenvalue weighted by Crippen LogP contribution is -2.29. The van der Waals surface area contributed by atoms with Crippen LogP contribution in [0.3, 0.4) is 0 Å². The summed E-state index contributed by atoms with van der Waals surface area (Å²) in [6, 6.07) is 9.58. The monoisotopic (exact) mass is 375 g/mol. The molecule has 1 amide bonds. The van der Waals surface area contributed by atoms with Gasteiger partial charge in [-0.15, -0.1) is 0 Å². The number of carbonyl (C=O) groups is 1. The number of aromatic nitrogens is 1. The molecule has 7 nitrogen and oxygen atoms in total. The second-order valence-electron chi connectivity index (χ2n) is 6.31. The van der Waals surface area contributed by atoms with Crippen molar-refractivity contribution in [3.05, 3.63) is 58.5 Å². The van der Waals surface area contributed by atoms with Crippen LogP contribution in [0.1, 0.15) is 18.4 Å². The zero-order chi connectivity index (χ0) is 18.7. The number of sulfonamides is 1. The fourth-order valence-electron chi connectivity index (χ4n) is 2.95. The third kappa shape index (κ3) is 3.86. The summed E-state index contributed by atoms with van der Waals surface area (Å²) in [5.41, 5.74) is 0.711. The predicted molar refractivity (Wildman–Crippen MR) is 98.5 cm³/mol. The summed E-state index contributed by atoms with van der Waals surface area (Å²) in [7, 11) is -3.54. The summed E-state index contributed by atoms with van der Waals surface area (Å²) in [5, 5.41) is 2.66. The van der Waals surface area contributed by atoms with Crippen LogP contribution in [0.5, 0.6) is 0 Å². The summed E-state index contributed by atoms with van der Waals surface area (Å²) in [5.74, 6) is -0.395. The first-order valence-corrected chi connectivity index (χ1v) is 9.88. The first-order valence-electron chi connectivity index (χ1n) is 8.44. The van der Waals surface area contributed by atoms with Gasteiger partial charge in [-0.3, -0.25) is 9.59 Å². The van der Waals surface area contributed by atoms with Gasteiger partial charge in [0.05, 0.1) is 4.90 Å². The number of pyridine rings is 1. The van der Waals surface area contributed by atoms with Crippen LogP contribution in [0.25, 0.3) is 0 Å². The van der Waals surface area contributed by atoms with E-state index in [2.05, 4.69) is 5.32 Å². The molecule has 8 heteroatoms. The van der Waals surface area contributed by atoms with Crippen LogP contribution in [0, 0.1) is 6.92 Å². The van der Waals surface area contributed by atoms with Crippen LogP contribution < -0.4 is 10.9 Å². The fourth-order valence-corrected chi connectivity index (χ4v) is 4.51. The van der Waals surface area contributed by atoms with Crippen molar-refractivity contribution in [2.45, 2.75) is 31.2 Å². The van der Waals surface area contributed by atoms with Gasteiger partial charge in [-0.25, -0.2) is 8.42 Å². The van der Waals surface area contributed by atoms with E-state index in [0.29, 0.717) is 24.3 Å². The Hall–Kier alpha value is -2.45. The van der Waals surface area contributed by atoms with E-state index in [-0.39, 0.29) is 17.0 Å². The molecule has 1 saturated heterocycles.